The fraction of sp³-hybridized carbons (Fsp3) is 0.417. The number of rotatable bonds is 6. The zero-order valence-electron chi connectivity index (χ0n) is 19.7. The fourth-order valence-electron chi connectivity index (χ4n) is 4.27. The van der Waals surface area contributed by atoms with Gasteiger partial charge in [-0.15, -0.1) is 0 Å². The molecule has 1 amide bonds. The van der Waals surface area contributed by atoms with Crippen molar-refractivity contribution in [1.29, 1.82) is 5.26 Å². The molecule has 186 valence electrons. The van der Waals surface area contributed by atoms with E-state index < -0.39 is 28.3 Å². The van der Waals surface area contributed by atoms with E-state index in [1.54, 1.807) is 11.0 Å². The number of carbonyl (C=O) groups excluding carboxylic acids is 1. The molecule has 0 aliphatic carbocycles. The summed E-state index contributed by atoms with van der Waals surface area (Å²) >= 11 is 0. The standard InChI is InChI=1S/C24H26F3N5O3/c1-4-7-31-16(2)12-18(17(31)3)13-19(15-28)23(33)30-10-8-29(9-11-30)21-6-5-20(24(25,26)27)14-22(21)32(34)35/h5-6,12-14H,4,7-11H2,1-3H3. The van der Waals surface area contributed by atoms with Crippen molar-refractivity contribution in [2.24, 2.45) is 0 Å². The molecule has 1 aromatic carbocycles. The Morgan fingerprint density at radius 1 is 1.20 bits per heavy atom. The molecule has 8 nitrogen and oxygen atoms in total. The Kier molecular flexibility index (Phi) is 7.53. The van der Waals surface area contributed by atoms with Crippen LogP contribution in [0.15, 0.2) is 29.8 Å². The van der Waals surface area contributed by atoms with Gasteiger partial charge in [0, 0.05) is 50.2 Å². The normalized spacial score (nSPS) is 14.7. The molecule has 0 N–H and O–H groups in total. The van der Waals surface area contributed by atoms with Crippen molar-refractivity contribution in [3.05, 3.63) is 62.5 Å². The van der Waals surface area contributed by atoms with Gasteiger partial charge in [-0.1, -0.05) is 6.92 Å². The fourth-order valence-corrected chi connectivity index (χ4v) is 4.27. The number of nitrogens with zero attached hydrogens (tertiary/aromatic N) is 5. The number of aromatic nitrogens is 1. The maximum Gasteiger partial charge on any atom is 0.416 e. The number of alkyl halides is 3. The second-order valence-corrected chi connectivity index (χ2v) is 8.39. The summed E-state index contributed by atoms with van der Waals surface area (Å²) in [5, 5.41) is 21.0. The summed E-state index contributed by atoms with van der Waals surface area (Å²) < 4.78 is 41.1. The van der Waals surface area contributed by atoms with Gasteiger partial charge in [0.1, 0.15) is 17.3 Å². The molecular formula is C24H26F3N5O3. The first-order chi connectivity index (χ1) is 16.5. The second-order valence-electron chi connectivity index (χ2n) is 8.39. The molecule has 0 spiro atoms. The van der Waals surface area contributed by atoms with Crippen molar-refractivity contribution >= 4 is 23.4 Å². The molecule has 1 saturated heterocycles. The number of benzene rings is 1. The number of piperazine rings is 1. The smallest absolute Gasteiger partial charge is 0.362 e. The van der Waals surface area contributed by atoms with E-state index in [0.717, 1.165) is 42.0 Å². The van der Waals surface area contributed by atoms with E-state index in [4.69, 9.17) is 0 Å². The Hall–Kier alpha value is -3.81. The lowest BCUT2D eigenvalue weighted by Crippen LogP contribution is -2.49. The Morgan fingerprint density at radius 3 is 2.40 bits per heavy atom. The average molecular weight is 489 g/mol. The van der Waals surface area contributed by atoms with Crippen molar-refractivity contribution in [2.75, 3.05) is 31.1 Å². The summed E-state index contributed by atoms with van der Waals surface area (Å²) in [6.45, 7) is 7.51. The Balaban J connectivity index is 1.77. The molecule has 1 fully saturated rings. The van der Waals surface area contributed by atoms with Gasteiger partial charge in [-0.2, -0.15) is 18.4 Å². The Labute approximate surface area is 201 Å². The van der Waals surface area contributed by atoms with Crippen LogP contribution in [-0.2, 0) is 17.5 Å². The van der Waals surface area contributed by atoms with Crippen LogP contribution in [0.1, 0.15) is 35.9 Å². The van der Waals surface area contributed by atoms with E-state index in [1.165, 1.54) is 4.90 Å². The molecule has 1 aliphatic heterocycles. The number of amides is 1. The monoisotopic (exact) mass is 489 g/mol. The van der Waals surface area contributed by atoms with Crippen LogP contribution in [-0.4, -0.2) is 46.5 Å². The molecule has 0 unspecified atom stereocenters. The summed E-state index contributed by atoms with van der Waals surface area (Å²) in [5.74, 6) is -0.450. The highest BCUT2D eigenvalue weighted by Crippen LogP contribution is 2.36. The van der Waals surface area contributed by atoms with Gasteiger partial charge in [0.15, 0.2) is 0 Å². The van der Waals surface area contributed by atoms with Crippen LogP contribution in [0.25, 0.3) is 6.08 Å². The maximum absolute atomic E-state index is 13.0. The van der Waals surface area contributed by atoms with E-state index in [-0.39, 0.29) is 37.4 Å². The lowest BCUT2D eigenvalue weighted by atomic mass is 10.1. The van der Waals surface area contributed by atoms with Gasteiger partial charge < -0.3 is 14.4 Å². The minimum Gasteiger partial charge on any atom is -0.362 e. The molecule has 1 aromatic heterocycles. The van der Waals surface area contributed by atoms with Crippen LogP contribution in [0.3, 0.4) is 0 Å². The third-order valence-corrected chi connectivity index (χ3v) is 6.12. The molecule has 35 heavy (non-hydrogen) atoms. The van der Waals surface area contributed by atoms with Crippen molar-refractivity contribution in [3.63, 3.8) is 0 Å². The van der Waals surface area contributed by atoms with Crippen LogP contribution >= 0.6 is 0 Å². The highest BCUT2D eigenvalue weighted by molar-refractivity contribution is 6.02. The van der Waals surface area contributed by atoms with Gasteiger partial charge in [-0.05, 0) is 50.1 Å². The van der Waals surface area contributed by atoms with Gasteiger partial charge in [0.25, 0.3) is 11.6 Å². The number of anilines is 1. The second kappa shape index (κ2) is 10.2. The molecule has 0 saturated carbocycles. The molecule has 1 aliphatic rings. The Bertz CT molecular complexity index is 1200. The highest BCUT2D eigenvalue weighted by atomic mass is 19.4. The van der Waals surface area contributed by atoms with Gasteiger partial charge in [-0.25, -0.2) is 0 Å². The molecule has 2 aromatic rings. The van der Waals surface area contributed by atoms with Crippen LogP contribution in [0.2, 0.25) is 0 Å². The van der Waals surface area contributed by atoms with Crippen LogP contribution in [0.5, 0.6) is 0 Å². The number of halogens is 3. The minimum atomic E-state index is -4.69. The largest absolute Gasteiger partial charge is 0.416 e. The van der Waals surface area contributed by atoms with Gasteiger partial charge >= 0.3 is 6.18 Å². The summed E-state index contributed by atoms with van der Waals surface area (Å²) in [7, 11) is 0. The first-order valence-electron chi connectivity index (χ1n) is 11.2. The van der Waals surface area contributed by atoms with Crippen LogP contribution in [0, 0.1) is 35.3 Å². The summed E-state index contributed by atoms with van der Waals surface area (Å²) in [5.41, 5.74) is 1.10. The Morgan fingerprint density at radius 2 is 1.86 bits per heavy atom. The first kappa shape index (κ1) is 25.8. The third-order valence-electron chi connectivity index (χ3n) is 6.12. The number of hydrogen-bond donors (Lipinski definition) is 0. The topological polar surface area (TPSA) is 95.4 Å². The lowest BCUT2D eigenvalue weighted by Gasteiger charge is -2.35. The van der Waals surface area contributed by atoms with Gasteiger partial charge in [0.05, 0.1) is 10.5 Å². The van der Waals surface area contributed by atoms with Gasteiger partial charge in [-0.3, -0.25) is 14.9 Å². The van der Waals surface area contributed by atoms with E-state index in [9.17, 15) is 33.3 Å². The van der Waals surface area contributed by atoms with E-state index >= 15 is 0 Å². The van der Waals surface area contributed by atoms with Gasteiger partial charge in [0.2, 0.25) is 0 Å². The molecule has 3 rings (SSSR count). The van der Waals surface area contributed by atoms with Crippen LogP contribution < -0.4 is 4.90 Å². The summed E-state index contributed by atoms with van der Waals surface area (Å²) in [6.07, 6.45) is -2.17. The highest BCUT2D eigenvalue weighted by Gasteiger charge is 2.34. The van der Waals surface area contributed by atoms with Crippen LogP contribution in [0.4, 0.5) is 24.5 Å². The number of aryl methyl sites for hydroxylation is 1. The van der Waals surface area contributed by atoms with E-state index in [0.29, 0.717) is 6.07 Å². The van der Waals surface area contributed by atoms with Crippen molar-refractivity contribution in [1.82, 2.24) is 9.47 Å². The molecular weight excluding hydrogens is 463 g/mol. The summed E-state index contributed by atoms with van der Waals surface area (Å²) in [4.78, 5) is 26.6. The molecule has 2 heterocycles. The zero-order chi connectivity index (χ0) is 25.9. The predicted molar refractivity (Wildman–Crippen MR) is 125 cm³/mol. The molecule has 0 radical (unpaired) electrons. The van der Waals surface area contributed by atoms with Crippen molar-refractivity contribution < 1.29 is 22.9 Å². The first-order valence-corrected chi connectivity index (χ1v) is 11.2. The molecule has 0 bridgehead atoms. The lowest BCUT2D eigenvalue weighted by molar-refractivity contribution is -0.384. The van der Waals surface area contributed by atoms with E-state index in [2.05, 4.69) is 11.5 Å². The number of nitriles is 1. The van der Waals surface area contributed by atoms with E-state index in [1.807, 2.05) is 26.0 Å². The number of hydrogen-bond acceptors (Lipinski definition) is 5. The quantitative estimate of drug-likeness (QED) is 0.254. The predicted octanol–water partition coefficient (Wildman–Crippen LogP) is 4.70. The number of nitro groups is 1. The average Bonchev–Trinajstić information content (AvgIpc) is 3.08. The third kappa shape index (κ3) is 5.48. The zero-order valence-corrected chi connectivity index (χ0v) is 19.7. The van der Waals surface area contributed by atoms with Crippen molar-refractivity contribution in [2.45, 2.75) is 39.9 Å². The SMILES string of the molecule is CCCn1c(C)cc(C=C(C#N)C(=O)N2CCN(c3ccc(C(F)(F)F)cc3[N+](=O)[O-])CC2)c1C. The number of nitro benzene ring substituents is 1. The number of carbonyl (C=O) groups is 1. The minimum absolute atomic E-state index is 0.0179. The summed E-state index contributed by atoms with van der Waals surface area (Å²) in [6, 6.07) is 6.33. The van der Waals surface area contributed by atoms with Crippen molar-refractivity contribution in [3.8, 4) is 6.07 Å². The molecule has 0 atom stereocenters. The maximum atomic E-state index is 13.0. The molecule has 11 heteroatoms.